The van der Waals surface area contributed by atoms with Crippen LogP contribution in [0.5, 0.6) is 0 Å². The van der Waals surface area contributed by atoms with Crippen LogP contribution >= 0.6 is 0 Å². The summed E-state index contributed by atoms with van der Waals surface area (Å²) in [6.07, 6.45) is 1.51. The van der Waals surface area contributed by atoms with E-state index in [0.717, 1.165) is 0 Å². The number of hydrazine groups is 1. The highest BCUT2D eigenvalue weighted by Gasteiger charge is 2.01. The van der Waals surface area contributed by atoms with Crippen molar-refractivity contribution in [2.45, 2.75) is 0 Å². The standard InChI is InChI=1S/C5H6N3O2/c9-8(10)7-5-3-1-2-4-6-5/h1-4H,(H,6,7)(H,9,10)/q+1. The second-order valence-corrected chi connectivity index (χ2v) is 1.60. The van der Waals surface area contributed by atoms with Crippen LogP contribution in [0.4, 0.5) is 5.82 Å². The molecule has 1 aromatic rings. The van der Waals surface area contributed by atoms with Gasteiger partial charge in [0.25, 0.3) is 0 Å². The summed E-state index contributed by atoms with van der Waals surface area (Å²) in [5.41, 5.74) is 2.03. The van der Waals surface area contributed by atoms with Gasteiger partial charge in [-0.2, -0.15) is 0 Å². The molecule has 52 valence electrons. The van der Waals surface area contributed by atoms with Crippen molar-refractivity contribution >= 4 is 5.82 Å². The van der Waals surface area contributed by atoms with E-state index in [0.29, 0.717) is 5.82 Å². The second-order valence-electron chi connectivity index (χ2n) is 1.60. The summed E-state index contributed by atoms with van der Waals surface area (Å²) >= 11 is 0. The minimum Gasteiger partial charge on any atom is -0.234 e. The van der Waals surface area contributed by atoms with E-state index in [1.165, 1.54) is 6.20 Å². The largest absolute Gasteiger partial charge is 0.361 e. The molecule has 0 aromatic carbocycles. The molecule has 0 fully saturated rings. The number of rotatable bonds is 2. The highest BCUT2D eigenvalue weighted by Crippen LogP contribution is 1.97. The minimum absolute atomic E-state index is 0.306. The molecule has 0 aliphatic heterocycles. The zero-order valence-electron chi connectivity index (χ0n) is 5.06. The van der Waals surface area contributed by atoms with Crippen molar-refractivity contribution in [2.24, 2.45) is 0 Å². The van der Waals surface area contributed by atoms with Crippen LogP contribution in [0.15, 0.2) is 24.4 Å². The summed E-state index contributed by atoms with van der Waals surface area (Å²) in [7, 11) is 0. The molecule has 0 saturated heterocycles. The molecule has 5 nitrogen and oxygen atoms in total. The quantitative estimate of drug-likeness (QED) is 0.589. The van der Waals surface area contributed by atoms with E-state index in [-0.39, 0.29) is 0 Å². The van der Waals surface area contributed by atoms with Crippen LogP contribution in [0.2, 0.25) is 0 Å². The molecule has 0 bridgehead atoms. The third-order valence-corrected chi connectivity index (χ3v) is 0.875. The van der Waals surface area contributed by atoms with Crippen LogP contribution in [0.3, 0.4) is 0 Å². The molecule has 1 heterocycles. The number of nitrogens with one attached hydrogen (secondary N) is 1. The summed E-state index contributed by atoms with van der Waals surface area (Å²) in [4.78, 5) is 13.6. The Morgan fingerprint density at radius 2 is 2.40 bits per heavy atom. The van der Waals surface area contributed by atoms with Crippen molar-refractivity contribution in [3.05, 3.63) is 29.3 Å². The van der Waals surface area contributed by atoms with Gasteiger partial charge < -0.3 is 0 Å². The van der Waals surface area contributed by atoms with Gasteiger partial charge in [-0.3, -0.25) is 0 Å². The fraction of sp³-hybridized carbons (Fsp3) is 0. The molecule has 0 aliphatic carbocycles. The third kappa shape index (κ3) is 1.70. The molecule has 0 aliphatic rings. The van der Waals surface area contributed by atoms with Crippen LogP contribution in [-0.2, 0) is 0 Å². The molecule has 2 N–H and O–H groups in total. The fourth-order valence-electron chi connectivity index (χ4n) is 0.527. The lowest BCUT2D eigenvalue weighted by Crippen LogP contribution is -2.11. The molecule has 0 unspecified atom stereocenters. The lowest BCUT2D eigenvalue weighted by molar-refractivity contribution is -0.770. The molecular weight excluding hydrogens is 134 g/mol. The predicted molar refractivity (Wildman–Crippen MR) is 33.3 cm³/mol. The zero-order chi connectivity index (χ0) is 7.40. The fourth-order valence-corrected chi connectivity index (χ4v) is 0.527. The van der Waals surface area contributed by atoms with Crippen LogP contribution in [0.25, 0.3) is 0 Å². The second kappa shape index (κ2) is 2.77. The Morgan fingerprint density at radius 3 is 2.90 bits per heavy atom. The first kappa shape index (κ1) is 6.47. The van der Waals surface area contributed by atoms with Gasteiger partial charge in [-0.1, -0.05) is 11.5 Å². The zero-order valence-corrected chi connectivity index (χ0v) is 5.06. The first-order valence-electron chi connectivity index (χ1n) is 2.63. The first-order chi connectivity index (χ1) is 4.79. The Hall–Kier alpha value is -1.65. The van der Waals surface area contributed by atoms with E-state index in [2.05, 4.69) is 4.98 Å². The van der Waals surface area contributed by atoms with Crippen molar-refractivity contribution in [1.29, 1.82) is 0 Å². The molecular formula is C5H6N3O2+. The molecule has 0 saturated carbocycles. The molecule has 10 heavy (non-hydrogen) atoms. The van der Waals surface area contributed by atoms with Gasteiger partial charge in [0.1, 0.15) is 4.91 Å². The lowest BCUT2D eigenvalue weighted by atomic mass is 10.5. The smallest absolute Gasteiger partial charge is 0.234 e. The average molecular weight is 140 g/mol. The number of hydrogen-bond donors (Lipinski definition) is 2. The van der Waals surface area contributed by atoms with Crippen molar-refractivity contribution in [3.63, 3.8) is 0 Å². The maximum atomic E-state index is 9.93. The summed E-state index contributed by atoms with van der Waals surface area (Å²) in [6.45, 7) is 0. The monoisotopic (exact) mass is 140 g/mol. The maximum absolute atomic E-state index is 9.93. The lowest BCUT2D eigenvalue weighted by Gasteiger charge is -1.87. The Morgan fingerprint density at radius 1 is 1.60 bits per heavy atom. The van der Waals surface area contributed by atoms with E-state index in [1.807, 2.05) is 5.43 Å². The summed E-state index contributed by atoms with van der Waals surface area (Å²) < 4.78 is 0. The molecule has 5 heteroatoms. The Labute approximate surface area is 56.8 Å². The van der Waals surface area contributed by atoms with Crippen LogP contribution < -0.4 is 5.43 Å². The number of aromatic nitrogens is 1. The number of nitrogens with zero attached hydrogens (tertiary/aromatic N) is 2. The van der Waals surface area contributed by atoms with Gasteiger partial charge in [-0.05, 0) is 12.1 Å². The van der Waals surface area contributed by atoms with Gasteiger partial charge in [0, 0.05) is 6.20 Å². The summed E-state index contributed by atoms with van der Waals surface area (Å²) in [5.74, 6) is 0.306. The molecule has 0 spiro atoms. The van der Waals surface area contributed by atoms with E-state index in [4.69, 9.17) is 5.21 Å². The highest BCUT2D eigenvalue weighted by molar-refractivity contribution is 5.29. The van der Waals surface area contributed by atoms with Gasteiger partial charge >= 0.3 is 5.03 Å². The predicted octanol–water partition coefficient (Wildman–Crippen LogP) is 0.577. The van der Waals surface area contributed by atoms with Crippen molar-refractivity contribution in [1.82, 2.24) is 4.98 Å². The Bertz CT molecular complexity index is 224. The topological polar surface area (TPSA) is 65.2 Å². The normalized spacial score (nSPS) is 8.80. The van der Waals surface area contributed by atoms with Gasteiger partial charge in [-0.15, -0.1) is 0 Å². The van der Waals surface area contributed by atoms with E-state index >= 15 is 0 Å². The molecule has 1 aromatic heterocycles. The van der Waals surface area contributed by atoms with Crippen LogP contribution in [-0.4, -0.2) is 15.2 Å². The molecule has 0 atom stereocenters. The van der Waals surface area contributed by atoms with E-state index < -0.39 is 5.03 Å². The molecule has 1 rings (SSSR count). The van der Waals surface area contributed by atoms with Gasteiger partial charge in [0.05, 0.1) is 0 Å². The third-order valence-electron chi connectivity index (χ3n) is 0.875. The number of hydrogen-bond acceptors (Lipinski definition) is 2. The number of anilines is 1. The maximum Gasteiger partial charge on any atom is 0.361 e. The van der Waals surface area contributed by atoms with Gasteiger partial charge in [0.2, 0.25) is 0 Å². The Balaban J connectivity index is 2.67. The average Bonchev–Trinajstić information content (AvgIpc) is 1.88. The Kier molecular flexibility index (Phi) is 1.79. The van der Waals surface area contributed by atoms with E-state index in [9.17, 15) is 4.91 Å². The van der Waals surface area contributed by atoms with Crippen LogP contribution in [0.1, 0.15) is 0 Å². The number of pyridine rings is 1. The summed E-state index contributed by atoms with van der Waals surface area (Å²) in [5, 5.41) is 7.73. The molecule has 0 amide bonds. The SMILES string of the molecule is O=[N+](O)Nc1ccccn1. The van der Waals surface area contributed by atoms with Crippen molar-refractivity contribution < 1.29 is 10.2 Å². The van der Waals surface area contributed by atoms with Gasteiger partial charge in [0.15, 0.2) is 5.82 Å². The first-order valence-corrected chi connectivity index (χ1v) is 2.63. The minimum atomic E-state index is -0.400. The van der Waals surface area contributed by atoms with E-state index in [1.54, 1.807) is 18.2 Å². The van der Waals surface area contributed by atoms with Gasteiger partial charge in [-0.25, -0.2) is 10.2 Å². The van der Waals surface area contributed by atoms with Crippen LogP contribution in [0, 0.1) is 4.91 Å². The van der Waals surface area contributed by atoms with Crippen molar-refractivity contribution in [3.8, 4) is 0 Å². The summed E-state index contributed by atoms with van der Waals surface area (Å²) in [6, 6.07) is 4.96. The molecule has 0 radical (unpaired) electrons. The highest BCUT2D eigenvalue weighted by atomic mass is 16.7. The van der Waals surface area contributed by atoms with Crippen molar-refractivity contribution in [2.75, 3.05) is 5.43 Å².